The number of thioether (sulfide) groups is 1. The minimum atomic E-state index is -1.38. The second kappa shape index (κ2) is 51.9. The van der Waals surface area contributed by atoms with E-state index in [9.17, 15) is 57.8 Å². The molecule has 0 saturated carbocycles. The molecule has 0 spiro atoms. The monoisotopic (exact) mass is 1660 g/mol. The third-order valence-corrected chi connectivity index (χ3v) is 21.1. The number of nitrogens with zero attached hydrogens (tertiary/aromatic N) is 1. The molecule has 0 saturated heterocycles. The number of fused-ring (bicyclic) bond motifs is 2. The number of nitrogens with two attached hydrogens (primary N) is 6. The van der Waals surface area contributed by atoms with Crippen molar-refractivity contribution in [2.24, 2.45) is 63.1 Å². The van der Waals surface area contributed by atoms with Crippen molar-refractivity contribution < 1.29 is 62.6 Å². The summed E-state index contributed by atoms with van der Waals surface area (Å²) in [6, 6.07) is 8.46. The maximum absolute atomic E-state index is 15.0. The largest absolute Gasteiger partial charge is 0.480 e. The minimum absolute atomic E-state index is 0.0227. The van der Waals surface area contributed by atoms with Gasteiger partial charge in [-0.25, -0.2) is 4.79 Å². The SMILES string of the molecule is CC[C@H](C)[C@H](NC(=O)[C@H](CCCCN)NC(=O)[C@@H](N)Cc1c[nH]c2ccccc12)C(=O)N[C@@H](Cc1ccccc1)C(=O)N[C@@H](CCCCN)C(=O)N[C@@H](CC(C)C)C(=O)N[C@@H](CCCCN)C(=O)N[C@@H](CC(C)C)C(=O)N[C@@H](CCCN=C(N)N)C(=O)N[C@@H](CCSC)C(=O)N[C@@H](CC(C)C)C(=O)N[C@@H](Cc1c[nH]c2ccccc12)C(=O)O. The molecular weight excluding hydrogens is 1530 g/mol. The van der Waals surface area contributed by atoms with Gasteiger partial charge in [-0.2, -0.15) is 11.8 Å². The maximum Gasteiger partial charge on any atom is 0.326 e. The Morgan fingerprint density at radius 1 is 0.407 bits per heavy atom. The molecule has 3 aromatic carbocycles. The first-order valence-electron chi connectivity index (χ1n) is 41.4. The van der Waals surface area contributed by atoms with E-state index in [1.165, 1.54) is 11.8 Å². The number of amides is 11. The normalized spacial score (nSPS) is 14.8. The standard InChI is InChI=1S/C84H132N20O13S/c1-10-52(8)71(104-77(110)63(33-20-23-38-87)94-72(105)58(88)45-54-47-92-59-29-16-14-27-56(54)59)82(115)102-69(44-53-25-12-11-13-26-53)81(114)96-62(32-19-22-37-86)75(108)99-66(41-49(2)3)78(111)95-61(31-18-21-36-85)74(107)100-67(42-50(4)5)79(112)97-64(34-24-39-91-84(89)90)73(106)98-65(35-40-118-9)76(109)101-68(43-51(6)7)80(113)103-70(83(116)117)46-55-48-93-60-30-17-15-28-57(55)60/h11-17,25-30,47-52,58,61-71,92-93H,10,18-24,31-46,85-88H2,1-9H3,(H,94,105)(H,95,111)(H,96,114)(H,97,112)(H,98,106)(H,99,108)(H,100,107)(H,101,109)(H,102,115)(H,103,113)(H,104,110)(H,116,117)(H4,89,90,91)/t52-,58-,61-,62-,63-,64-,65-,66-,67-,68-,69-,70-,71-/m0/s1. The van der Waals surface area contributed by atoms with Crippen LogP contribution in [0.25, 0.3) is 21.8 Å². The number of aromatic nitrogens is 2. The summed E-state index contributed by atoms with van der Waals surface area (Å²) in [5.41, 5.74) is 39.3. The Labute approximate surface area is 697 Å². The van der Waals surface area contributed by atoms with Crippen molar-refractivity contribution in [1.82, 2.24) is 68.5 Å². The zero-order valence-corrected chi connectivity index (χ0v) is 70.9. The predicted molar refractivity (Wildman–Crippen MR) is 460 cm³/mol. The molecule has 0 aliphatic heterocycles. The molecular formula is C84H132N20O13S. The van der Waals surface area contributed by atoms with E-state index >= 15 is 4.79 Å². The molecule has 0 radical (unpaired) electrons. The van der Waals surface area contributed by atoms with E-state index in [0.29, 0.717) is 68.4 Å². The number of aliphatic imine (C=N–C) groups is 1. The van der Waals surface area contributed by atoms with Gasteiger partial charge in [0, 0.05) is 53.6 Å². The van der Waals surface area contributed by atoms with Crippen LogP contribution in [0.3, 0.4) is 0 Å². The number of hydrogen-bond donors (Lipinski definition) is 20. The number of aliphatic carboxylic acids is 1. The average molecular weight is 1660 g/mol. The van der Waals surface area contributed by atoms with E-state index in [1.54, 1.807) is 55.9 Å². The highest BCUT2D eigenvalue weighted by atomic mass is 32.2. The summed E-state index contributed by atoms with van der Waals surface area (Å²) in [7, 11) is 0. The summed E-state index contributed by atoms with van der Waals surface area (Å²) in [6.07, 6.45) is 8.78. The molecule has 0 aliphatic carbocycles. The molecule has 13 atom stereocenters. The molecule has 5 rings (SSSR count). The van der Waals surface area contributed by atoms with Gasteiger partial charge in [-0.15, -0.1) is 0 Å². The fourth-order valence-corrected chi connectivity index (χ4v) is 14.2. The van der Waals surface area contributed by atoms with Crippen LogP contribution < -0.4 is 92.9 Å². The molecule has 0 aliphatic rings. The Balaban J connectivity index is 1.37. The lowest BCUT2D eigenvalue weighted by Gasteiger charge is -2.30. The number of guanidine groups is 1. The quantitative estimate of drug-likeness (QED) is 0.0151. The van der Waals surface area contributed by atoms with Crippen molar-refractivity contribution in [3.63, 3.8) is 0 Å². The van der Waals surface area contributed by atoms with Crippen LogP contribution in [0.15, 0.2) is 96.2 Å². The number of carboxylic acids is 1. The van der Waals surface area contributed by atoms with E-state index in [-0.39, 0.29) is 120 Å². The number of benzene rings is 3. The van der Waals surface area contributed by atoms with Gasteiger partial charge in [0.15, 0.2) is 5.96 Å². The van der Waals surface area contributed by atoms with Gasteiger partial charge < -0.3 is 108 Å². The molecule has 0 fully saturated rings. The highest BCUT2D eigenvalue weighted by Crippen LogP contribution is 2.23. The number of carboxylic acid groups (broad SMARTS) is 1. The third-order valence-electron chi connectivity index (χ3n) is 20.5. The number of carbonyl (C=O) groups is 12. The number of aromatic amines is 2. The third kappa shape index (κ3) is 33.7. The first-order chi connectivity index (χ1) is 56.3. The predicted octanol–water partition coefficient (Wildman–Crippen LogP) is 2.80. The lowest BCUT2D eigenvalue weighted by molar-refractivity contribution is -0.142. The van der Waals surface area contributed by atoms with Crippen LogP contribution in [0.4, 0.5) is 0 Å². The van der Waals surface area contributed by atoms with Crippen LogP contribution in [0.2, 0.25) is 0 Å². The Morgan fingerprint density at radius 2 is 0.754 bits per heavy atom. The van der Waals surface area contributed by atoms with Crippen molar-refractivity contribution in [2.45, 2.75) is 250 Å². The van der Waals surface area contributed by atoms with Crippen molar-refractivity contribution in [2.75, 3.05) is 38.2 Å². The van der Waals surface area contributed by atoms with Crippen molar-refractivity contribution in [3.8, 4) is 0 Å². The summed E-state index contributed by atoms with van der Waals surface area (Å²) in [4.78, 5) is 184. The fourth-order valence-electron chi connectivity index (χ4n) is 13.8. The zero-order valence-electron chi connectivity index (χ0n) is 70.0. The zero-order chi connectivity index (χ0) is 87.0. The lowest BCUT2D eigenvalue weighted by Crippen LogP contribution is -2.61. The molecule has 0 unspecified atom stereocenters. The average Bonchev–Trinajstić information content (AvgIpc) is 1.70. The number of rotatable bonds is 56. The first kappa shape index (κ1) is 98.4. The van der Waals surface area contributed by atoms with Gasteiger partial charge in [-0.05, 0) is 187 Å². The van der Waals surface area contributed by atoms with Crippen LogP contribution in [-0.4, -0.2) is 203 Å². The van der Waals surface area contributed by atoms with Gasteiger partial charge >= 0.3 is 5.97 Å². The van der Waals surface area contributed by atoms with Crippen LogP contribution in [0.1, 0.15) is 175 Å². The van der Waals surface area contributed by atoms with E-state index in [0.717, 1.165) is 27.4 Å². The Bertz CT molecular complexity index is 4060. The van der Waals surface area contributed by atoms with Crippen molar-refractivity contribution >= 4 is 110 Å². The topological polar surface area (TPSA) is 557 Å². The van der Waals surface area contributed by atoms with Crippen molar-refractivity contribution in [1.29, 1.82) is 0 Å². The van der Waals surface area contributed by atoms with E-state index in [1.807, 2.05) is 97.0 Å². The number of H-pyrrole nitrogens is 2. The molecule has 5 aromatic rings. The van der Waals surface area contributed by atoms with Gasteiger partial charge in [-0.3, -0.25) is 57.7 Å². The van der Waals surface area contributed by atoms with Crippen LogP contribution in [0.5, 0.6) is 0 Å². The van der Waals surface area contributed by atoms with E-state index in [4.69, 9.17) is 34.4 Å². The minimum Gasteiger partial charge on any atom is -0.480 e. The molecule has 0 bridgehead atoms. The highest BCUT2D eigenvalue weighted by molar-refractivity contribution is 7.98. The first-order valence-corrected chi connectivity index (χ1v) is 42.8. The fraction of sp³-hybridized carbons (Fsp3) is 0.583. The molecule has 2 heterocycles. The van der Waals surface area contributed by atoms with Crippen molar-refractivity contribution in [3.05, 3.63) is 108 Å². The number of hydrogen-bond acceptors (Lipinski definition) is 18. The van der Waals surface area contributed by atoms with Crippen LogP contribution in [0, 0.1) is 23.7 Å². The van der Waals surface area contributed by atoms with Gasteiger partial charge in [0.1, 0.15) is 66.5 Å². The summed E-state index contributed by atoms with van der Waals surface area (Å²) in [6.45, 7) is 15.4. The summed E-state index contributed by atoms with van der Waals surface area (Å²) in [5.74, 6) is -10.5. The number of carbonyl (C=O) groups excluding carboxylic acids is 11. The Kier molecular flexibility index (Phi) is 43.3. The molecule has 34 heteroatoms. The van der Waals surface area contributed by atoms with Crippen LogP contribution >= 0.6 is 11.8 Å². The molecule has 2 aromatic heterocycles. The number of nitrogens with one attached hydrogen (secondary N) is 13. The second-order valence-electron chi connectivity index (χ2n) is 31.7. The molecule has 652 valence electrons. The molecule has 11 amide bonds. The summed E-state index contributed by atoms with van der Waals surface area (Å²) in [5, 5.41) is 42.9. The number of para-hydroxylation sites is 2. The maximum atomic E-state index is 15.0. The Hall–Kier alpha value is -10.2. The lowest BCUT2D eigenvalue weighted by atomic mass is 9.96. The van der Waals surface area contributed by atoms with Gasteiger partial charge in [0.25, 0.3) is 0 Å². The van der Waals surface area contributed by atoms with Gasteiger partial charge in [-0.1, -0.05) is 129 Å². The van der Waals surface area contributed by atoms with Gasteiger partial charge in [0.2, 0.25) is 65.0 Å². The van der Waals surface area contributed by atoms with Gasteiger partial charge in [0.05, 0.1) is 6.04 Å². The van der Waals surface area contributed by atoms with Crippen LogP contribution in [-0.2, 0) is 76.8 Å². The molecule has 118 heavy (non-hydrogen) atoms. The summed E-state index contributed by atoms with van der Waals surface area (Å²) >= 11 is 1.39. The number of unbranched alkanes of at least 4 members (excludes halogenated alkanes) is 3. The molecule has 26 N–H and O–H groups in total. The second-order valence-corrected chi connectivity index (χ2v) is 32.7. The Morgan fingerprint density at radius 3 is 1.15 bits per heavy atom. The van der Waals surface area contributed by atoms with E-state index < -0.39 is 149 Å². The summed E-state index contributed by atoms with van der Waals surface area (Å²) < 4.78 is 0. The smallest absolute Gasteiger partial charge is 0.326 e. The highest BCUT2D eigenvalue weighted by Gasteiger charge is 2.39. The molecule has 33 nitrogen and oxygen atoms in total. The van der Waals surface area contributed by atoms with E-state index in [2.05, 4.69) is 73.4 Å².